The molecule has 33 heavy (non-hydrogen) atoms. The molecule has 6 rings (SSSR count). The highest BCUT2D eigenvalue weighted by Gasteiger charge is 2.28. The Labute approximate surface area is 195 Å². The number of benzene rings is 2. The maximum absolute atomic E-state index is 13.0. The molecule has 1 atom stereocenters. The van der Waals surface area contributed by atoms with Crippen LogP contribution in [0.3, 0.4) is 0 Å². The highest BCUT2D eigenvalue weighted by molar-refractivity contribution is 7.17. The molecule has 0 saturated carbocycles. The minimum absolute atomic E-state index is 0.0681. The van der Waals surface area contributed by atoms with Gasteiger partial charge < -0.3 is 14.5 Å². The molecule has 6 nitrogen and oxygen atoms in total. The summed E-state index contributed by atoms with van der Waals surface area (Å²) in [6, 6.07) is 16.6. The van der Waals surface area contributed by atoms with Crippen LogP contribution in [0, 0.1) is 0 Å². The van der Waals surface area contributed by atoms with Crippen LogP contribution in [0.25, 0.3) is 21.3 Å². The summed E-state index contributed by atoms with van der Waals surface area (Å²) in [6.07, 6.45) is 3.09. The normalized spacial score (nSPS) is 18.5. The lowest BCUT2D eigenvalue weighted by atomic mass is 10.0. The van der Waals surface area contributed by atoms with Crippen LogP contribution in [0.1, 0.15) is 36.7 Å². The van der Waals surface area contributed by atoms with Crippen LogP contribution in [0.15, 0.2) is 58.7 Å². The van der Waals surface area contributed by atoms with E-state index in [0.717, 1.165) is 59.1 Å². The average Bonchev–Trinajstić information content (AvgIpc) is 3.40. The van der Waals surface area contributed by atoms with Crippen molar-refractivity contribution < 1.29 is 9.47 Å². The molecule has 4 heterocycles. The van der Waals surface area contributed by atoms with E-state index in [1.165, 1.54) is 16.9 Å². The van der Waals surface area contributed by atoms with Gasteiger partial charge in [-0.15, -0.1) is 11.3 Å². The minimum atomic E-state index is -0.0681. The Hall–Kier alpha value is -3.16. The van der Waals surface area contributed by atoms with Gasteiger partial charge in [-0.2, -0.15) is 0 Å². The van der Waals surface area contributed by atoms with Gasteiger partial charge in [0, 0.05) is 23.4 Å². The van der Waals surface area contributed by atoms with E-state index in [9.17, 15) is 4.79 Å². The Bertz CT molecular complexity index is 1350. The van der Waals surface area contributed by atoms with Crippen LogP contribution in [-0.2, 0) is 6.54 Å². The number of nitrogens with zero attached hydrogens (tertiary/aromatic N) is 2. The predicted octanol–water partition coefficient (Wildman–Crippen LogP) is 5.15. The standard InChI is InChI=1S/C26H25N3O3S/c30-25-24-19(17-6-2-1-3-7-17)16-33-26(24)28-23(27-25)15-29-11-4-8-20(29)18-9-10-21-22(14-18)32-13-5-12-31-21/h1-3,6-7,9-10,14,16,20H,4-5,8,11-13,15H2,(H,27,28,30)/t20-/m1/s1. The van der Waals surface area contributed by atoms with Gasteiger partial charge in [0.25, 0.3) is 5.56 Å². The summed E-state index contributed by atoms with van der Waals surface area (Å²) >= 11 is 1.53. The fourth-order valence-corrected chi connectivity index (χ4v) is 5.84. The molecule has 1 fully saturated rings. The SMILES string of the molecule is O=c1[nH]c(CN2CCC[C@@H]2c2ccc3c(c2)OCCCO3)nc2scc(-c3ccccc3)c12. The Morgan fingerprint density at radius 1 is 1.06 bits per heavy atom. The molecule has 1 saturated heterocycles. The van der Waals surface area contributed by atoms with Gasteiger partial charge in [0.15, 0.2) is 11.5 Å². The number of ether oxygens (including phenoxy) is 2. The molecule has 2 aromatic heterocycles. The van der Waals surface area contributed by atoms with Crippen LogP contribution >= 0.6 is 11.3 Å². The number of aromatic amines is 1. The number of thiophene rings is 1. The first kappa shape index (κ1) is 20.4. The van der Waals surface area contributed by atoms with Crippen molar-refractivity contribution in [3.63, 3.8) is 0 Å². The Morgan fingerprint density at radius 3 is 2.79 bits per heavy atom. The lowest BCUT2D eigenvalue weighted by Gasteiger charge is -2.25. The van der Waals surface area contributed by atoms with Crippen LogP contribution in [0.4, 0.5) is 0 Å². The largest absolute Gasteiger partial charge is 0.490 e. The maximum atomic E-state index is 13.0. The number of hydrogen-bond acceptors (Lipinski definition) is 6. The minimum Gasteiger partial charge on any atom is -0.490 e. The van der Waals surface area contributed by atoms with Crippen molar-refractivity contribution in [2.24, 2.45) is 0 Å². The lowest BCUT2D eigenvalue weighted by Crippen LogP contribution is -2.25. The Morgan fingerprint density at radius 2 is 1.91 bits per heavy atom. The molecule has 0 spiro atoms. The topological polar surface area (TPSA) is 67.5 Å². The van der Waals surface area contributed by atoms with E-state index in [-0.39, 0.29) is 11.6 Å². The molecule has 4 aromatic rings. The summed E-state index contributed by atoms with van der Waals surface area (Å²) in [5.74, 6) is 2.37. The molecule has 7 heteroatoms. The molecule has 2 aromatic carbocycles. The summed E-state index contributed by atoms with van der Waals surface area (Å²) in [5.41, 5.74) is 3.14. The highest BCUT2D eigenvalue weighted by Crippen LogP contribution is 2.38. The third-order valence-electron chi connectivity index (χ3n) is 6.45. The van der Waals surface area contributed by atoms with E-state index >= 15 is 0 Å². The van der Waals surface area contributed by atoms with Crippen molar-refractivity contribution in [2.45, 2.75) is 31.8 Å². The fourth-order valence-electron chi connectivity index (χ4n) is 4.87. The molecule has 2 aliphatic heterocycles. The van der Waals surface area contributed by atoms with Gasteiger partial charge in [-0.05, 0) is 42.6 Å². The summed E-state index contributed by atoms with van der Waals surface area (Å²) in [6.45, 7) is 2.96. The quantitative estimate of drug-likeness (QED) is 0.457. The average molecular weight is 460 g/mol. The van der Waals surface area contributed by atoms with Crippen LogP contribution in [-0.4, -0.2) is 34.6 Å². The van der Waals surface area contributed by atoms with Gasteiger partial charge in [0.2, 0.25) is 0 Å². The molecule has 2 aliphatic rings. The zero-order valence-electron chi connectivity index (χ0n) is 18.3. The zero-order valence-corrected chi connectivity index (χ0v) is 19.1. The first-order valence-electron chi connectivity index (χ1n) is 11.5. The van der Waals surface area contributed by atoms with Gasteiger partial charge in [0.05, 0.1) is 25.1 Å². The van der Waals surface area contributed by atoms with E-state index in [2.05, 4.69) is 22.0 Å². The summed E-state index contributed by atoms with van der Waals surface area (Å²) < 4.78 is 11.7. The van der Waals surface area contributed by atoms with Crippen molar-refractivity contribution in [3.8, 4) is 22.6 Å². The molecule has 0 radical (unpaired) electrons. The molecular weight excluding hydrogens is 434 g/mol. The second kappa shape index (κ2) is 8.65. The fraction of sp³-hybridized carbons (Fsp3) is 0.308. The van der Waals surface area contributed by atoms with Crippen molar-refractivity contribution in [1.82, 2.24) is 14.9 Å². The van der Waals surface area contributed by atoms with Crippen LogP contribution in [0.5, 0.6) is 11.5 Å². The summed E-state index contributed by atoms with van der Waals surface area (Å²) in [4.78, 5) is 24.1. The Balaban J connectivity index is 1.28. The van der Waals surface area contributed by atoms with Gasteiger partial charge in [-0.3, -0.25) is 9.69 Å². The number of fused-ring (bicyclic) bond motifs is 2. The number of nitrogens with one attached hydrogen (secondary N) is 1. The van der Waals surface area contributed by atoms with Crippen LogP contribution in [0.2, 0.25) is 0 Å². The third-order valence-corrected chi connectivity index (χ3v) is 7.32. The van der Waals surface area contributed by atoms with Gasteiger partial charge in [0.1, 0.15) is 10.7 Å². The first-order valence-corrected chi connectivity index (χ1v) is 12.3. The van der Waals surface area contributed by atoms with Crippen LogP contribution < -0.4 is 15.0 Å². The monoisotopic (exact) mass is 459 g/mol. The van der Waals surface area contributed by atoms with Crippen molar-refractivity contribution in [2.75, 3.05) is 19.8 Å². The van der Waals surface area contributed by atoms with Gasteiger partial charge in [-0.25, -0.2) is 4.98 Å². The molecule has 168 valence electrons. The highest BCUT2D eigenvalue weighted by atomic mass is 32.1. The smallest absolute Gasteiger partial charge is 0.260 e. The summed E-state index contributed by atoms with van der Waals surface area (Å²) in [5, 5.41) is 2.71. The predicted molar refractivity (Wildman–Crippen MR) is 130 cm³/mol. The number of H-pyrrole nitrogens is 1. The number of rotatable bonds is 4. The van der Waals surface area contributed by atoms with Crippen molar-refractivity contribution in [1.29, 1.82) is 0 Å². The molecule has 0 bridgehead atoms. The third kappa shape index (κ3) is 3.92. The summed E-state index contributed by atoms with van der Waals surface area (Å²) in [7, 11) is 0. The Kier molecular flexibility index (Phi) is 5.36. The van der Waals surface area contributed by atoms with Gasteiger partial charge >= 0.3 is 0 Å². The second-order valence-electron chi connectivity index (χ2n) is 8.59. The van der Waals surface area contributed by atoms with E-state index < -0.39 is 0 Å². The van der Waals surface area contributed by atoms with E-state index in [1.54, 1.807) is 0 Å². The number of aromatic nitrogens is 2. The lowest BCUT2D eigenvalue weighted by molar-refractivity contribution is 0.241. The van der Waals surface area contributed by atoms with Crippen molar-refractivity contribution in [3.05, 3.63) is 75.7 Å². The van der Waals surface area contributed by atoms with Crippen molar-refractivity contribution >= 4 is 21.6 Å². The maximum Gasteiger partial charge on any atom is 0.260 e. The number of likely N-dealkylation sites (tertiary alicyclic amines) is 1. The number of hydrogen-bond donors (Lipinski definition) is 1. The van der Waals surface area contributed by atoms with E-state index in [1.807, 2.05) is 41.8 Å². The molecular formula is C26H25N3O3S. The first-order chi connectivity index (χ1) is 16.3. The molecule has 1 N–H and O–H groups in total. The molecule has 0 amide bonds. The van der Waals surface area contributed by atoms with Gasteiger partial charge in [-0.1, -0.05) is 36.4 Å². The second-order valence-corrected chi connectivity index (χ2v) is 9.45. The van der Waals surface area contributed by atoms with E-state index in [0.29, 0.717) is 25.1 Å². The zero-order chi connectivity index (χ0) is 22.2. The molecule has 0 unspecified atom stereocenters. The molecule has 0 aliphatic carbocycles. The van der Waals surface area contributed by atoms with E-state index in [4.69, 9.17) is 14.5 Å².